The number of esters is 1. The molecule has 2 aromatic heterocycles. The van der Waals surface area contributed by atoms with Crippen LogP contribution in [0.5, 0.6) is 0 Å². The van der Waals surface area contributed by atoms with Crippen molar-refractivity contribution in [3.05, 3.63) is 22.7 Å². The molecule has 0 spiro atoms. The van der Waals surface area contributed by atoms with E-state index < -0.39 is 0 Å². The van der Waals surface area contributed by atoms with Crippen LogP contribution in [-0.2, 0) is 20.7 Å². The molecule has 1 aliphatic heterocycles. The third-order valence-corrected chi connectivity index (χ3v) is 5.08. The second-order valence-electron chi connectivity index (χ2n) is 6.34. The van der Waals surface area contributed by atoms with Gasteiger partial charge in [-0.2, -0.15) is 16.3 Å². The van der Waals surface area contributed by atoms with Crippen molar-refractivity contribution in [2.75, 3.05) is 39.3 Å². The molecular weight excluding hydrogens is 368 g/mol. The zero-order valence-electron chi connectivity index (χ0n) is 15.4. The van der Waals surface area contributed by atoms with Gasteiger partial charge in [-0.1, -0.05) is 5.16 Å². The van der Waals surface area contributed by atoms with Crippen LogP contribution in [0.3, 0.4) is 0 Å². The fourth-order valence-corrected chi connectivity index (χ4v) is 3.64. The van der Waals surface area contributed by atoms with E-state index in [1.54, 1.807) is 18.3 Å². The summed E-state index contributed by atoms with van der Waals surface area (Å²) in [6, 6.07) is 1.93. The van der Waals surface area contributed by atoms with E-state index in [1.165, 1.54) is 0 Å². The Bertz CT molecular complexity index is 746. The smallest absolute Gasteiger partial charge is 0.320 e. The van der Waals surface area contributed by atoms with Crippen molar-refractivity contribution in [1.82, 2.24) is 19.9 Å². The van der Waals surface area contributed by atoms with Gasteiger partial charge in [-0.15, -0.1) is 0 Å². The second kappa shape index (κ2) is 9.61. The van der Waals surface area contributed by atoms with Crippen molar-refractivity contribution in [2.24, 2.45) is 0 Å². The molecule has 0 unspecified atom stereocenters. The molecule has 9 heteroatoms. The summed E-state index contributed by atoms with van der Waals surface area (Å²) in [4.78, 5) is 32.4. The standard InChI is InChI=1S/C18H24N4O4S/c1-2-25-17(24)12-21-7-3-8-22(10-9-21)16(23)5-4-15-19-18(20-26-15)14-6-11-27-13-14/h6,11,13H,2-5,7-10,12H2,1H3. The van der Waals surface area contributed by atoms with Gasteiger partial charge in [0.25, 0.3) is 0 Å². The van der Waals surface area contributed by atoms with Crippen molar-refractivity contribution < 1.29 is 18.8 Å². The quantitative estimate of drug-likeness (QED) is 0.664. The van der Waals surface area contributed by atoms with E-state index in [2.05, 4.69) is 10.1 Å². The summed E-state index contributed by atoms with van der Waals surface area (Å²) in [5.74, 6) is 0.893. The number of hydrogen-bond donors (Lipinski definition) is 0. The Morgan fingerprint density at radius 1 is 1.30 bits per heavy atom. The van der Waals surface area contributed by atoms with Crippen LogP contribution in [0.25, 0.3) is 11.4 Å². The molecule has 3 rings (SSSR count). The highest BCUT2D eigenvalue weighted by molar-refractivity contribution is 7.08. The molecule has 146 valence electrons. The van der Waals surface area contributed by atoms with Crippen molar-refractivity contribution >= 4 is 23.2 Å². The molecule has 1 aliphatic rings. The van der Waals surface area contributed by atoms with Crippen LogP contribution in [0, 0.1) is 0 Å². The molecule has 0 aromatic carbocycles. The predicted octanol–water partition coefficient (Wildman–Crippen LogP) is 1.83. The number of aryl methyl sites for hydroxylation is 1. The van der Waals surface area contributed by atoms with Gasteiger partial charge < -0.3 is 14.2 Å². The molecule has 0 atom stereocenters. The third kappa shape index (κ3) is 5.61. The Balaban J connectivity index is 1.45. The number of rotatable bonds is 7. The van der Waals surface area contributed by atoms with Crippen LogP contribution in [0.15, 0.2) is 21.3 Å². The molecule has 0 saturated carbocycles. The molecule has 1 saturated heterocycles. The Morgan fingerprint density at radius 2 is 2.19 bits per heavy atom. The second-order valence-corrected chi connectivity index (χ2v) is 7.12. The topological polar surface area (TPSA) is 88.8 Å². The number of hydrogen-bond acceptors (Lipinski definition) is 8. The molecular formula is C18H24N4O4S. The van der Waals surface area contributed by atoms with Crippen LogP contribution in [0.4, 0.5) is 0 Å². The minimum atomic E-state index is -0.213. The minimum Gasteiger partial charge on any atom is -0.465 e. The van der Waals surface area contributed by atoms with Crippen LogP contribution < -0.4 is 0 Å². The van der Waals surface area contributed by atoms with E-state index in [0.29, 0.717) is 50.8 Å². The number of carbonyl (C=O) groups is 2. The summed E-state index contributed by atoms with van der Waals surface area (Å²) in [5.41, 5.74) is 0.926. The Morgan fingerprint density at radius 3 is 2.96 bits per heavy atom. The highest BCUT2D eigenvalue weighted by atomic mass is 32.1. The van der Waals surface area contributed by atoms with Crippen molar-refractivity contribution in [3.8, 4) is 11.4 Å². The summed E-state index contributed by atoms with van der Waals surface area (Å²) < 4.78 is 10.2. The highest BCUT2D eigenvalue weighted by Gasteiger charge is 2.21. The minimum absolute atomic E-state index is 0.0725. The average Bonchev–Trinajstić information content (AvgIpc) is 3.29. The van der Waals surface area contributed by atoms with Crippen molar-refractivity contribution in [2.45, 2.75) is 26.2 Å². The first-order chi connectivity index (χ1) is 13.2. The lowest BCUT2D eigenvalue weighted by Crippen LogP contribution is -2.37. The van der Waals surface area contributed by atoms with Gasteiger partial charge in [0.05, 0.1) is 13.2 Å². The van der Waals surface area contributed by atoms with Gasteiger partial charge in [0.1, 0.15) is 0 Å². The van der Waals surface area contributed by atoms with Gasteiger partial charge in [0.2, 0.25) is 17.6 Å². The fraction of sp³-hybridized carbons (Fsp3) is 0.556. The third-order valence-electron chi connectivity index (χ3n) is 4.40. The molecule has 0 radical (unpaired) electrons. The zero-order chi connectivity index (χ0) is 19.1. The first-order valence-corrected chi connectivity index (χ1v) is 10.1. The maximum atomic E-state index is 12.5. The van der Waals surface area contributed by atoms with E-state index in [4.69, 9.17) is 9.26 Å². The predicted molar refractivity (Wildman–Crippen MR) is 100 cm³/mol. The van der Waals surface area contributed by atoms with E-state index in [1.807, 2.05) is 26.6 Å². The Hall–Kier alpha value is -2.26. The lowest BCUT2D eigenvalue weighted by molar-refractivity contribution is -0.144. The fourth-order valence-electron chi connectivity index (χ4n) is 3.00. The van der Waals surface area contributed by atoms with Gasteiger partial charge >= 0.3 is 5.97 Å². The highest BCUT2D eigenvalue weighted by Crippen LogP contribution is 2.19. The van der Waals surface area contributed by atoms with Gasteiger partial charge in [0, 0.05) is 50.0 Å². The van der Waals surface area contributed by atoms with Crippen LogP contribution in [0.2, 0.25) is 0 Å². The summed E-state index contributed by atoms with van der Waals surface area (Å²) in [5, 5.41) is 7.88. The van der Waals surface area contributed by atoms with Crippen molar-refractivity contribution in [3.63, 3.8) is 0 Å². The number of carbonyl (C=O) groups excluding carboxylic acids is 2. The molecule has 1 fully saturated rings. The van der Waals surface area contributed by atoms with Gasteiger partial charge in [-0.25, -0.2) is 0 Å². The van der Waals surface area contributed by atoms with E-state index in [0.717, 1.165) is 18.5 Å². The molecule has 2 aromatic rings. The maximum Gasteiger partial charge on any atom is 0.320 e. The van der Waals surface area contributed by atoms with Crippen LogP contribution >= 0.6 is 11.3 Å². The number of thiophene rings is 1. The van der Waals surface area contributed by atoms with Crippen LogP contribution in [-0.4, -0.2) is 71.1 Å². The molecule has 0 N–H and O–H groups in total. The molecule has 0 bridgehead atoms. The first-order valence-electron chi connectivity index (χ1n) is 9.16. The molecule has 3 heterocycles. The Labute approximate surface area is 162 Å². The molecule has 1 amide bonds. The molecule has 27 heavy (non-hydrogen) atoms. The van der Waals surface area contributed by atoms with Crippen LogP contribution in [0.1, 0.15) is 25.7 Å². The van der Waals surface area contributed by atoms with Gasteiger partial charge in [0.15, 0.2) is 0 Å². The summed E-state index contributed by atoms with van der Waals surface area (Å²) in [7, 11) is 0. The summed E-state index contributed by atoms with van der Waals surface area (Å²) in [6.45, 7) is 5.24. The normalized spacial score (nSPS) is 15.5. The zero-order valence-corrected chi connectivity index (χ0v) is 16.2. The molecule has 0 aliphatic carbocycles. The van der Waals surface area contributed by atoms with Gasteiger partial charge in [-0.3, -0.25) is 14.5 Å². The lowest BCUT2D eigenvalue weighted by Gasteiger charge is -2.21. The van der Waals surface area contributed by atoms with E-state index >= 15 is 0 Å². The van der Waals surface area contributed by atoms with E-state index in [9.17, 15) is 9.59 Å². The Kier molecular flexibility index (Phi) is 6.94. The SMILES string of the molecule is CCOC(=O)CN1CCCN(C(=O)CCc2nc(-c3ccsc3)no2)CC1. The largest absolute Gasteiger partial charge is 0.465 e. The lowest BCUT2D eigenvalue weighted by atomic mass is 10.2. The number of amides is 1. The number of nitrogens with zero attached hydrogens (tertiary/aromatic N) is 4. The summed E-state index contributed by atoms with van der Waals surface area (Å²) in [6.07, 6.45) is 1.61. The number of aromatic nitrogens is 2. The monoisotopic (exact) mass is 392 g/mol. The van der Waals surface area contributed by atoms with Crippen molar-refractivity contribution in [1.29, 1.82) is 0 Å². The average molecular weight is 392 g/mol. The number of ether oxygens (including phenoxy) is 1. The first kappa shape index (κ1) is 19.5. The van der Waals surface area contributed by atoms with Gasteiger partial charge in [-0.05, 0) is 24.8 Å². The maximum absolute atomic E-state index is 12.5. The van der Waals surface area contributed by atoms with E-state index in [-0.39, 0.29) is 18.4 Å². The summed E-state index contributed by atoms with van der Waals surface area (Å²) >= 11 is 1.57. The molecule has 8 nitrogen and oxygen atoms in total.